The third-order valence-electron chi connectivity index (χ3n) is 2.51. The molecule has 0 unspecified atom stereocenters. The van der Waals surface area contributed by atoms with Gasteiger partial charge in [0, 0.05) is 32.4 Å². The zero-order valence-corrected chi connectivity index (χ0v) is 10.9. The molecule has 0 spiro atoms. The van der Waals surface area contributed by atoms with Gasteiger partial charge in [-0.2, -0.15) is 0 Å². The van der Waals surface area contributed by atoms with Crippen molar-refractivity contribution < 1.29 is 4.79 Å². The van der Waals surface area contributed by atoms with Crippen LogP contribution in [0, 0.1) is 0 Å². The maximum Gasteiger partial charge on any atom is 0.233 e. The smallest absolute Gasteiger partial charge is 0.233 e. The van der Waals surface area contributed by atoms with Gasteiger partial charge < -0.3 is 10.2 Å². The number of hydrogen-bond donors (Lipinski definition) is 1. The van der Waals surface area contributed by atoms with E-state index in [9.17, 15) is 4.79 Å². The minimum absolute atomic E-state index is 0.174. The van der Waals surface area contributed by atoms with Crippen LogP contribution in [0.15, 0.2) is 23.4 Å². The number of halogens is 1. The quantitative estimate of drug-likeness (QED) is 0.841. The molecule has 2 heterocycles. The van der Waals surface area contributed by atoms with Crippen LogP contribution in [0.5, 0.6) is 0 Å². The molecule has 0 saturated carbocycles. The zero-order chi connectivity index (χ0) is 12.1. The number of pyridine rings is 1. The highest BCUT2D eigenvalue weighted by Crippen LogP contribution is 2.17. The van der Waals surface area contributed by atoms with E-state index in [1.807, 2.05) is 11.0 Å². The summed E-state index contributed by atoms with van der Waals surface area (Å²) in [6.07, 6.45) is 1.60. The molecule has 1 N–H and O–H groups in total. The predicted molar refractivity (Wildman–Crippen MR) is 69.4 cm³/mol. The first kappa shape index (κ1) is 12.7. The monoisotopic (exact) mass is 271 g/mol. The van der Waals surface area contributed by atoms with Crippen molar-refractivity contribution in [1.29, 1.82) is 0 Å². The van der Waals surface area contributed by atoms with E-state index in [0.717, 1.165) is 31.2 Å². The maximum absolute atomic E-state index is 11.9. The second kappa shape index (κ2) is 6.23. The summed E-state index contributed by atoms with van der Waals surface area (Å²) in [5.41, 5.74) is 0. The molecule has 0 bridgehead atoms. The summed E-state index contributed by atoms with van der Waals surface area (Å²) in [6.45, 7) is 3.37. The molecular weight excluding hydrogens is 258 g/mol. The van der Waals surface area contributed by atoms with E-state index in [1.54, 1.807) is 12.3 Å². The van der Waals surface area contributed by atoms with Crippen molar-refractivity contribution in [2.75, 3.05) is 31.9 Å². The van der Waals surface area contributed by atoms with Crippen molar-refractivity contribution in [1.82, 2.24) is 15.2 Å². The first-order valence-corrected chi connectivity index (χ1v) is 6.85. The highest BCUT2D eigenvalue weighted by molar-refractivity contribution is 7.99. The summed E-state index contributed by atoms with van der Waals surface area (Å²) in [7, 11) is 0. The molecule has 92 valence electrons. The molecule has 0 aromatic carbocycles. The van der Waals surface area contributed by atoms with Crippen molar-refractivity contribution >= 4 is 29.3 Å². The van der Waals surface area contributed by atoms with Crippen LogP contribution in [0.25, 0.3) is 0 Å². The Morgan fingerprint density at radius 2 is 2.24 bits per heavy atom. The lowest BCUT2D eigenvalue weighted by Crippen LogP contribution is -2.47. The van der Waals surface area contributed by atoms with E-state index in [1.165, 1.54) is 11.8 Å². The zero-order valence-electron chi connectivity index (χ0n) is 9.36. The molecule has 6 heteroatoms. The standard InChI is InChI=1S/C11H14ClN3OS/c12-9-1-2-10(14-7-9)17-8-11(16)15-5-3-13-4-6-15/h1-2,7,13H,3-6,8H2. The summed E-state index contributed by atoms with van der Waals surface area (Å²) in [5.74, 6) is 0.613. The maximum atomic E-state index is 11.9. The fourth-order valence-corrected chi connectivity index (χ4v) is 2.45. The molecule has 1 aliphatic heterocycles. The van der Waals surface area contributed by atoms with Crippen LogP contribution in [0.4, 0.5) is 0 Å². The molecule has 1 aliphatic rings. The number of amides is 1. The topological polar surface area (TPSA) is 45.2 Å². The van der Waals surface area contributed by atoms with E-state index in [0.29, 0.717) is 10.8 Å². The number of carbonyl (C=O) groups is 1. The number of rotatable bonds is 3. The molecule has 1 saturated heterocycles. The van der Waals surface area contributed by atoms with E-state index in [-0.39, 0.29) is 5.91 Å². The third kappa shape index (κ3) is 3.87. The second-order valence-electron chi connectivity index (χ2n) is 3.73. The van der Waals surface area contributed by atoms with Crippen LogP contribution in [-0.2, 0) is 4.79 Å². The van der Waals surface area contributed by atoms with Gasteiger partial charge in [0.15, 0.2) is 0 Å². The molecule has 0 radical (unpaired) electrons. The fraction of sp³-hybridized carbons (Fsp3) is 0.455. The average Bonchev–Trinajstić information content (AvgIpc) is 2.39. The molecule has 1 aromatic rings. The molecule has 1 amide bonds. The minimum Gasteiger partial charge on any atom is -0.339 e. The first-order valence-electron chi connectivity index (χ1n) is 5.48. The molecule has 1 fully saturated rings. The molecule has 0 aliphatic carbocycles. The Hall–Kier alpha value is -0.780. The second-order valence-corrected chi connectivity index (χ2v) is 5.17. The molecule has 17 heavy (non-hydrogen) atoms. The van der Waals surface area contributed by atoms with Crippen molar-refractivity contribution in [3.05, 3.63) is 23.4 Å². The third-order valence-corrected chi connectivity index (χ3v) is 3.67. The number of nitrogens with zero attached hydrogens (tertiary/aromatic N) is 2. The van der Waals surface area contributed by atoms with Crippen LogP contribution in [0.1, 0.15) is 0 Å². The van der Waals surface area contributed by atoms with E-state index >= 15 is 0 Å². The lowest BCUT2D eigenvalue weighted by molar-refractivity contribution is -0.128. The summed E-state index contributed by atoms with van der Waals surface area (Å²) < 4.78 is 0. The van der Waals surface area contributed by atoms with Crippen LogP contribution in [0.3, 0.4) is 0 Å². The van der Waals surface area contributed by atoms with Gasteiger partial charge >= 0.3 is 0 Å². The molecule has 2 rings (SSSR count). The van der Waals surface area contributed by atoms with Gasteiger partial charge in [0.1, 0.15) is 0 Å². The van der Waals surface area contributed by atoms with E-state index < -0.39 is 0 Å². The molecular formula is C11H14ClN3OS. The van der Waals surface area contributed by atoms with Gasteiger partial charge in [-0.25, -0.2) is 4.98 Å². The molecule has 1 aromatic heterocycles. The first-order chi connectivity index (χ1) is 8.25. The Morgan fingerprint density at radius 3 is 2.88 bits per heavy atom. The Morgan fingerprint density at radius 1 is 1.47 bits per heavy atom. The van der Waals surface area contributed by atoms with Crippen LogP contribution >= 0.6 is 23.4 Å². The lowest BCUT2D eigenvalue weighted by atomic mass is 10.3. The van der Waals surface area contributed by atoms with Gasteiger partial charge in [-0.1, -0.05) is 23.4 Å². The SMILES string of the molecule is O=C(CSc1ccc(Cl)cn1)N1CCNCC1. The Kier molecular flexibility index (Phi) is 4.65. The number of nitrogens with one attached hydrogen (secondary N) is 1. The van der Waals surface area contributed by atoms with Gasteiger partial charge in [-0.15, -0.1) is 0 Å². The minimum atomic E-state index is 0.174. The number of hydrogen-bond acceptors (Lipinski definition) is 4. The van der Waals surface area contributed by atoms with Crippen molar-refractivity contribution in [2.24, 2.45) is 0 Å². The summed E-state index contributed by atoms with van der Waals surface area (Å²) >= 11 is 7.19. The van der Waals surface area contributed by atoms with Crippen LogP contribution < -0.4 is 5.32 Å². The average molecular weight is 272 g/mol. The van der Waals surface area contributed by atoms with Gasteiger partial charge in [0.05, 0.1) is 15.8 Å². The number of piperazine rings is 1. The van der Waals surface area contributed by atoms with Gasteiger partial charge in [-0.3, -0.25) is 4.79 Å². The van der Waals surface area contributed by atoms with Crippen LogP contribution in [0.2, 0.25) is 5.02 Å². The van der Waals surface area contributed by atoms with Gasteiger partial charge in [0.2, 0.25) is 5.91 Å². The number of carbonyl (C=O) groups excluding carboxylic acids is 1. The summed E-state index contributed by atoms with van der Waals surface area (Å²) in [5, 5.41) is 4.67. The number of aromatic nitrogens is 1. The van der Waals surface area contributed by atoms with Gasteiger partial charge in [-0.05, 0) is 12.1 Å². The lowest BCUT2D eigenvalue weighted by Gasteiger charge is -2.27. The largest absolute Gasteiger partial charge is 0.339 e. The number of thioether (sulfide) groups is 1. The Balaban J connectivity index is 1.81. The highest BCUT2D eigenvalue weighted by Gasteiger charge is 2.16. The Bertz CT molecular complexity index is 379. The summed E-state index contributed by atoms with van der Waals surface area (Å²) in [4.78, 5) is 17.9. The van der Waals surface area contributed by atoms with E-state index in [2.05, 4.69) is 10.3 Å². The highest BCUT2D eigenvalue weighted by atomic mass is 35.5. The summed E-state index contributed by atoms with van der Waals surface area (Å²) in [6, 6.07) is 3.62. The predicted octanol–water partition coefficient (Wildman–Crippen LogP) is 1.26. The van der Waals surface area contributed by atoms with E-state index in [4.69, 9.17) is 11.6 Å². The fourth-order valence-electron chi connectivity index (χ4n) is 1.59. The van der Waals surface area contributed by atoms with Crippen molar-refractivity contribution in [3.8, 4) is 0 Å². The Labute approximate surface area is 110 Å². The van der Waals surface area contributed by atoms with Crippen molar-refractivity contribution in [3.63, 3.8) is 0 Å². The van der Waals surface area contributed by atoms with Gasteiger partial charge in [0.25, 0.3) is 0 Å². The molecule has 4 nitrogen and oxygen atoms in total. The normalized spacial score (nSPS) is 15.9. The van der Waals surface area contributed by atoms with Crippen molar-refractivity contribution in [2.45, 2.75) is 5.03 Å². The van der Waals surface area contributed by atoms with Crippen LogP contribution in [-0.4, -0.2) is 47.7 Å². The molecule has 0 atom stereocenters.